The van der Waals surface area contributed by atoms with Crippen LogP contribution in [0.25, 0.3) is 0 Å². The summed E-state index contributed by atoms with van der Waals surface area (Å²) >= 11 is 0. The highest BCUT2D eigenvalue weighted by molar-refractivity contribution is 7.89. The van der Waals surface area contributed by atoms with Gasteiger partial charge in [-0.2, -0.15) is 4.31 Å². The fourth-order valence-corrected chi connectivity index (χ4v) is 3.83. The van der Waals surface area contributed by atoms with E-state index >= 15 is 0 Å². The van der Waals surface area contributed by atoms with E-state index in [4.69, 9.17) is 0 Å². The first kappa shape index (κ1) is 10.9. The number of hydrogen-bond acceptors (Lipinski definition) is 3. The van der Waals surface area contributed by atoms with Crippen LogP contribution < -0.4 is 0 Å². The molecule has 6 heteroatoms. The molecule has 3 aliphatic rings. The van der Waals surface area contributed by atoms with Crippen molar-refractivity contribution in [3.05, 3.63) is 0 Å². The molecule has 86 valence electrons. The second-order valence-corrected chi connectivity index (χ2v) is 6.16. The van der Waals surface area contributed by atoms with E-state index in [0.29, 0.717) is 13.0 Å². The smallest absolute Gasteiger partial charge is 0.223 e. The Bertz CT molecular complexity index is 379. The molecule has 3 saturated heterocycles. The number of sulfonamides is 1. The summed E-state index contributed by atoms with van der Waals surface area (Å²) in [6, 6.07) is 0.0375. The van der Waals surface area contributed by atoms with E-state index in [1.807, 2.05) is 0 Å². The van der Waals surface area contributed by atoms with Crippen LogP contribution in [0.1, 0.15) is 26.7 Å². The molecule has 2 atom stereocenters. The van der Waals surface area contributed by atoms with Gasteiger partial charge in [-0.15, -0.1) is 0 Å². The Morgan fingerprint density at radius 1 is 1.40 bits per heavy atom. The van der Waals surface area contributed by atoms with Crippen molar-refractivity contribution >= 4 is 15.9 Å². The van der Waals surface area contributed by atoms with Crippen LogP contribution in [0, 0.1) is 0 Å². The molecule has 0 N–H and O–H groups in total. The molecule has 0 radical (unpaired) electrons. The van der Waals surface area contributed by atoms with Gasteiger partial charge < -0.3 is 4.90 Å². The van der Waals surface area contributed by atoms with Gasteiger partial charge in [0.2, 0.25) is 15.9 Å². The third kappa shape index (κ3) is 1.47. The van der Waals surface area contributed by atoms with Crippen LogP contribution in [-0.2, 0) is 14.8 Å². The molecule has 2 bridgehead atoms. The van der Waals surface area contributed by atoms with Gasteiger partial charge in [-0.25, -0.2) is 8.42 Å². The van der Waals surface area contributed by atoms with Crippen LogP contribution in [0.3, 0.4) is 0 Å². The van der Waals surface area contributed by atoms with Crippen LogP contribution in [0.4, 0.5) is 0 Å². The Labute approximate surface area is 90.1 Å². The topological polar surface area (TPSA) is 57.7 Å². The molecular formula is C9H16N2O3S. The summed E-state index contributed by atoms with van der Waals surface area (Å²) < 4.78 is 24.9. The van der Waals surface area contributed by atoms with Gasteiger partial charge in [0.1, 0.15) is 6.17 Å². The van der Waals surface area contributed by atoms with Crippen LogP contribution in [0.5, 0.6) is 0 Å². The van der Waals surface area contributed by atoms with Crippen molar-refractivity contribution in [1.82, 2.24) is 9.21 Å². The molecule has 3 rings (SSSR count). The number of amides is 1. The Morgan fingerprint density at radius 2 is 2.07 bits per heavy atom. The number of carbonyl (C=O) groups excluding carboxylic acids is 1. The molecule has 1 amide bonds. The van der Waals surface area contributed by atoms with Gasteiger partial charge in [-0.1, -0.05) is 6.92 Å². The average Bonchev–Trinajstić information content (AvgIpc) is 2.73. The molecule has 0 saturated carbocycles. The lowest BCUT2D eigenvalue weighted by atomic mass is 10.1. The minimum atomic E-state index is -3.13. The third-order valence-corrected chi connectivity index (χ3v) is 5.13. The van der Waals surface area contributed by atoms with Crippen molar-refractivity contribution in [2.45, 2.75) is 38.9 Å². The monoisotopic (exact) mass is 232 g/mol. The average molecular weight is 232 g/mol. The van der Waals surface area contributed by atoms with Crippen LogP contribution in [0.2, 0.25) is 0 Å². The summed E-state index contributed by atoms with van der Waals surface area (Å²) in [7, 11) is -3.13. The highest BCUT2D eigenvalue weighted by Gasteiger charge is 2.56. The second-order valence-electron chi connectivity index (χ2n) is 4.00. The number of nitrogens with zero attached hydrogens (tertiary/aromatic N) is 2. The molecule has 3 heterocycles. The highest BCUT2D eigenvalue weighted by Crippen LogP contribution is 2.39. The summed E-state index contributed by atoms with van der Waals surface area (Å²) in [5.41, 5.74) is 0. The second kappa shape index (κ2) is 3.45. The van der Waals surface area contributed by atoms with E-state index < -0.39 is 10.0 Å². The highest BCUT2D eigenvalue weighted by atomic mass is 32.2. The third-order valence-electron chi connectivity index (χ3n) is 3.21. The molecule has 2 unspecified atom stereocenters. The van der Waals surface area contributed by atoms with Crippen molar-refractivity contribution in [2.24, 2.45) is 0 Å². The Hall–Kier alpha value is -0.620. The SMILES string of the molecule is CCC(=O)N1CC2CC1N2S(=O)(=O)CC. The van der Waals surface area contributed by atoms with Gasteiger partial charge in [0.05, 0.1) is 5.75 Å². The van der Waals surface area contributed by atoms with Crippen LogP contribution in [-0.4, -0.2) is 48.0 Å². The number of hydrogen-bond donors (Lipinski definition) is 0. The number of rotatable bonds is 3. The van der Waals surface area contributed by atoms with E-state index in [-0.39, 0.29) is 23.9 Å². The van der Waals surface area contributed by atoms with Gasteiger partial charge >= 0.3 is 0 Å². The summed E-state index contributed by atoms with van der Waals surface area (Å²) in [4.78, 5) is 13.2. The predicted molar refractivity (Wildman–Crippen MR) is 55.5 cm³/mol. The molecule has 15 heavy (non-hydrogen) atoms. The lowest BCUT2D eigenvalue weighted by Crippen LogP contribution is -2.55. The van der Waals surface area contributed by atoms with E-state index in [1.54, 1.807) is 18.7 Å². The quantitative estimate of drug-likeness (QED) is 0.687. The molecule has 0 spiro atoms. The maximum Gasteiger partial charge on any atom is 0.223 e. The first-order valence-corrected chi connectivity index (χ1v) is 6.92. The number of carbonyl (C=O) groups is 1. The van der Waals surface area contributed by atoms with Gasteiger partial charge in [0.15, 0.2) is 0 Å². The van der Waals surface area contributed by atoms with Crippen LogP contribution in [0.15, 0.2) is 0 Å². The number of fused-ring (bicyclic) bond motifs is 1. The molecule has 0 aromatic heterocycles. The van der Waals surface area contributed by atoms with Crippen molar-refractivity contribution in [3.8, 4) is 0 Å². The summed E-state index contributed by atoms with van der Waals surface area (Å²) in [6.45, 7) is 4.02. The normalized spacial score (nSPS) is 30.4. The van der Waals surface area contributed by atoms with Gasteiger partial charge in [0.25, 0.3) is 0 Å². The Balaban J connectivity index is 2.15. The van der Waals surface area contributed by atoms with Crippen molar-refractivity contribution in [2.75, 3.05) is 12.3 Å². The molecule has 3 aliphatic heterocycles. The zero-order chi connectivity index (χ0) is 11.2. The standard InChI is InChI=1S/C9H16N2O3S/c1-3-9(12)10-6-7-5-8(10)11(7)15(13,14)4-2/h7-8H,3-6H2,1-2H3. The van der Waals surface area contributed by atoms with E-state index in [1.165, 1.54) is 4.31 Å². The molecule has 0 aliphatic carbocycles. The Morgan fingerprint density at radius 3 is 2.60 bits per heavy atom. The largest absolute Gasteiger partial charge is 0.324 e. The van der Waals surface area contributed by atoms with E-state index in [2.05, 4.69) is 0 Å². The molecule has 0 aromatic carbocycles. The Kier molecular flexibility index (Phi) is 2.50. The lowest BCUT2D eigenvalue weighted by Gasteiger charge is -2.38. The molecule has 3 fully saturated rings. The maximum absolute atomic E-state index is 11.7. The predicted octanol–water partition coefficient (Wildman–Crippen LogP) is -0.0113. The van der Waals surface area contributed by atoms with Crippen molar-refractivity contribution in [1.29, 1.82) is 0 Å². The summed E-state index contributed by atoms with van der Waals surface area (Å²) in [5.74, 6) is 0.171. The lowest BCUT2D eigenvalue weighted by molar-refractivity contribution is -0.132. The van der Waals surface area contributed by atoms with E-state index in [0.717, 1.165) is 6.42 Å². The van der Waals surface area contributed by atoms with E-state index in [9.17, 15) is 13.2 Å². The van der Waals surface area contributed by atoms with Crippen LogP contribution >= 0.6 is 0 Å². The first-order chi connectivity index (χ1) is 7.01. The maximum atomic E-state index is 11.7. The first-order valence-electron chi connectivity index (χ1n) is 5.32. The molecular weight excluding hydrogens is 216 g/mol. The zero-order valence-corrected chi connectivity index (χ0v) is 9.83. The summed E-state index contributed by atoms with van der Waals surface area (Å²) in [5, 5.41) is 0. The minimum absolute atomic E-state index is 0.0375. The summed E-state index contributed by atoms with van der Waals surface area (Å²) in [6.07, 6.45) is 1.07. The fraction of sp³-hybridized carbons (Fsp3) is 0.889. The fourth-order valence-electron chi connectivity index (χ4n) is 2.36. The zero-order valence-electron chi connectivity index (χ0n) is 9.01. The van der Waals surface area contributed by atoms with Gasteiger partial charge in [-0.05, 0) is 6.92 Å². The van der Waals surface area contributed by atoms with Crippen molar-refractivity contribution < 1.29 is 13.2 Å². The molecule has 0 aromatic rings. The minimum Gasteiger partial charge on any atom is -0.324 e. The van der Waals surface area contributed by atoms with Gasteiger partial charge in [-0.3, -0.25) is 4.79 Å². The molecule has 5 nitrogen and oxygen atoms in total. The van der Waals surface area contributed by atoms with Crippen molar-refractivity contribution in [3.63, 3.8) is 0 Å². The van der Waals surface area contributed by atoms with Gasteiger partial charge in [0, 0.05) is 25.4 Å².